The van der Waals surface area contributed by atoms with Crippen LogP contribution in [-0.2, 0) is 11.3 Å². The van der Waals surface area contributed by atoms with Crippen LogP contribution in [0.1, 0.15) is 37.8 Å². The quantitative estimate of drug-likeness (QED) is 0.679. The number of aromatic nitrogens is 4. The minimum atomic E-state index is -0.109. The summed E-state index contributed by atoms with van der Waals surface area (Å²) >= 11 is 0. The summed E-state index contributed by atoms with van der Waals surface area (Å²) in [6.45, 7) is 7.07. The molecule has 0 unspecified atom stereocenters. The standard InChI is InChI=1S/C21H25N5O2/c1-13(2)20(27)24-19-17-11-26(25-18(17)6-7-22-19)10-16-8-14(3)21(23-9-16)28-12-15-4-5-15/h6-9,11,13,15H,4-5,10,12H2,1-3H3,(H,22,24,27). The second kappa shape index (κ2) is 7.58. The Bertz CT molecular complexity index is 1010. The van der Waals surface area contributed by atoms with E-state index in [-0.39, 0.29) is 11.8 Å². The molecule has 28 heavy (non-hydrogen) atoms. The van der Waals surface area contributed by atoms with Gasteiger partial charge < -0.3 is 10.1 Å². The number of carbonyl (C=O) groups is 1. The van der Waals surface area contributed by atoms with Crippen molar-refractivity contribution in [2.45, 2.75) is 40.2 Å². The Balaban J connectivity index is 1.51. The Morgan fingerprint density at radius 1 is 1.36 bits per heavy atom. The Morgan fingerprint density at radius 3 is 2.89 bits per heavy atom. The van der Waals surface area contributed by atoms with E-state index in [1.54, 1.807) is 6.20 Å². The van der Waals surface area contributed by atoms with Crippen molar-refractivity contribution in [3.05, 3.63) is 41.9 Å². The monoisotopic (exact) mass is 379 g/mol. The summed E-state index contributed by atoms with van der Waals surface area (Å²) in [5, 5.41) is 8.31. The lowest BCUT2D eigenvalue weighted by Gasteiger charge is -2.09. The third kappa shape index (κ3) is 4.13. The molecule has 0 bridgehead atoms. The van der Waals surface area contributed by atoms with Gasteiger partial charge in [-0.05, 0) is 43.4 Å². The molecular weight excluding hydrogens is 354 g/mol. The number of fused-ring (bicyclic) bond motifs is 1. The van der Waals surface area contributed by atoms with Gasteiger partial charge in [-0.1, -0.05) is 13.8 Å². The van der Waals surface area contributed by atoms with Crippen LogP contribution < -0.4 is 10.1 Å². The van der Waals surface area contributed by atoms with Crippen LogP contribution in [0.3, 0.4) is 0 Å². The van der Waals surface area contributed by atoms with Crippen molar-refractivity contribution < 1.29 is 9.53 Å². The molecule has 0 atom stereocenters. The van der Waals surface area contributed by atoms with Crippen molar-refractivity contribution >= 4 is 22.6 Å². The minimum absolute atomic E-state index is 0.0608. The lowest BCUT2D eigenvalue weighted by Crippen LogP contribution is -2.18. The molecule has 0 saturated heterocycles. The number of anilines is 1. The zero-order chi connectivity index (χ0) is 19.7. The van der Waals surface area contributed by atoms with Crippen LogP contribution in [0.15, 0.2) is 30.7 Å². The number of ether oxygens (including phenoxy) is 1. The van der Waals surface area contributed by atoms with Gasteiger partial charge in [0.2, 0.25) is 11.8 Å². The zero-order valence-electron chi connectivity index (χ0n) is 16.5. The molecule has 146 valence electrons. The fourth-order valence-electron chi connectivity index (χ4n) is 2.96. The highest BCUT2D eigenvalue weighted by Crippen LogP contribution is 2.30. The first-order valence-electron chi connectivity index (χ1n) is 9.71. The highest BCUT2D eigenvalue weighted by molar-refractivity contribution is 5.99. The van der Waals surface area contributed by atoms with Crippen LogP contribution in [0.4, 0.5) is 5.82 Å². The van der Waals surface area contributed by atoms with Crippen LogP contribution in [0.2, 0.25) is 0 Å². The topological polar surface area (TPSA) is 81.9 Å². The Labute approximate surface area is 164 Å². The molecule has 0 aromatic carbocycles. The predicted octanol–water partition coefficient (Wildman–Crippen LogP) is 3.57. The Hall–Kier alpha value is -2.96. The lowest BCUT2D eigenvalue weighted by atomic mass is 10.2. The van der Waals surface area contributed by atoms with E-state index in [2.05, 4.69) is 26.4 Å². The molecule has 1 saturated carbocycles. The van der Waals surface area contributed by atoms with Crippen LogP contribution in [0.25, 0.3) is 10.9 Å². The molecule has 1 amide bonds. The van der Waals surface area contributed by atoms with Gasteiger partial charge >= 0.3 is 0 Å². The number of hydrogen-bond acceptors (Lipinski definition) is 5. The number of pyridine rings is 2. The minimum Gasteiger partial charge on any atom is -0.477 e. The van der Waals surface area contributed by atoms with Crippen molar-refractivity contribution in [2.24, 2.45) is 11.8 Å². The van der Waals surface area contributed by atoms with Crippen molar-refractivity contribution in [1.29, 1.82) is 0 Å². The van der Waals surface area contributed by atoms with Crippen molar-refractivity contribution in [1.82, 2.24) is 19.7 Å². The summed E-state index contributed by atoms with van der Waals surface area (Å²) in [6.07, 6.45) is 7.93. The molecule has 1 aliphatic rings. The maximum Gasteiger partial charge on any atom is 0.228 e. The van der Waals surface area contributed by atoms with Crippen LogP contribution in [0.5, 0.6) is 5.88 Å². The highest BCUT2D eigenvalue weighted by atomic mass is 16.5. The van der Waals surface area contributed by atoms with Crippen molar-refractivity contribution in [3.8, 4) is 5.88 Å². The van der Waals surface area contributed by atoms with Gasteiger partial charge in [-0.3, -0.25) is 9.48 Å². The lowest BCUT2D eigenvalue weighted by molar-refractivity contribution is -0.118. The summed E-state index contributed by atoms with van der Waals surface area (Å²) < 4.78 is 7.65. The van der Waals surface area contributed by atoms with Gasteiger partial charge in [0.15, 0.2) is 0 Å². The van der Waals surface area contributed by atoms with Gasteiger partial charge in [0.25, 0.3) is 0 Å². The number of aryl methyl sites for hydroxylation is 1. The maximum atomic E-state index is 12.0. The predicted molar refractivity (Wildman–Crippen MR) is 107 cm³/mol. The number of amides is 1. The largest absolute Gasteiger partial charge is 0.477 e. The van der Waals surface area contributed by atoms with Gasteiger partial charge in [0, 0.05) is 30.1 Å². The number of hydrogen-bond donors (Lipinski definition) is 1. The van der Waals surface area contributed by atoms with E-state index in [1.165, 1.54) is 12.8 Å². The van der Waals surface area contributed by atoms with Crippen LogP contribution >= 0.6 is 0 Å². The summed E-state index contributed by atoms with van der Waals surface area (Å²) in [5.74, 6) is 1.79. The molecular formula is C21H25N5O2. The van der Waals surface area contributed by atoms with E-state index in [1.807, 2.05) is 43.9 Å². The molecule has 0 radical (unpaired) electrons. The highest BCUT2D eigenvalue weighted by Gasteiger charge is 2.22. The third-order valence-corrected chi connectivity index (χ3v) is 4.83. The second-order valence-electron chi connectivity index (χ2n) is 7.78. The number of nitrogens with zero attached hydrogens (tertiary/aromatic N) is 4. The fourth-order valence-corrected chi connectivity index (χ4v) is 2.96. The third-order valence-electron chi connectivity index (χ3n) is 4.83. The first-order valence-corrected chi connectivity index (χ1v) is 9.71. The van der Waals surface area contributed by atoms with Crippen molar-refractivity contribution in [3.63, 3.8) is 0 Å². The Kier molecular flexibility index (Phi) is 4.98. The molecule has 1 aliphatic carbocycles. The van der Waals surface area contributed by atoms with Gasteiger partial charge in [0.05, 0.1) is 24.1 Å². The molecule has 4 rings (SSSR count). The zero-order valence-corrected chi connectivity index (χ0v) is 16.5. The molecule has 1 fully saturated rings. The Morgan fingerprint density at radius 2 is 2.18 bits per heavy atom. The van der Waals surface area contributed by atoms with Gasteiger partial charge in [0.1, 0.15) is 5.82 Å². The van der Waals surface area contributed by atoms with E-state index in [4.69, 9.17) is 4.74 Å². The van der Waals surface area contributed by atoms with Gasteiger partial charge in [-0.2, -0.15) is 5.10 Å². The smallest absolute Gasteiger partial charge is 0.228 e. The average Bonchev–Trinajstić information content (AvgIpc) is 3.39. The first kappa shape index (κ1) is 18.4. The first-order chi connectivity index (χ1) is 13.5. The second-order valence-corrected chi connectivity index (χ2v) is 7.78. The molecule has 3 heterocycles. The molecule has 0 spiro atoms. The molecule has 7 nitrogen and oxygen atoms in total. The van der Waals surface area contributed by atoms with Crippen LogP contribution in [-0.4, -0.2) is 32.3 Å². The fraction of sp³-hybridized carbons (Fsp3) is 0.429. The maximum absolute atomic E-state index is 12.0. The summed E-state index contributed by atoms with van der Waals surface area (Å²) in [6, 6.07) is 3.93. The number of carbonyl (C=O) groups excluding carboxylic acids is 1. The molecule has 3 aromatic rings. The molecule has 1 N–H and O–H groups in total. The van der Waals surface area contributed by atoms with E-state index in [0.717, 1.165) is 28.6 Å². The average molecular weight is 379 g/mol. The summed E-state index contributed by atoms with van der Waals surface area (Å²) in [5.41, 5.74) is 2.87. The molecule has 7 heteroatoms. The molecule has 3 aromatic heterocycles. The van der Waals surface area contributed by atoms with E-state index in [9.17, 15) is 4.79 Å². The summed E-state index contributed by atoms with van der Waals surface area (Å²) in [4.78, 5) is 20.8. The SMILES string of the molecule is Cc1cc(Cn2cc3c(NC(=O)C(C)C)nccc3n2)cnc1OCC1CC1. The molecule has 0 aliphatic heterocycles. The number of nitrogens with one attached hydrogen (secondary N) is 1. The van der Waals surface area contributed by atoms with E-state index in [0.29, 0.717) is 24.2 Å². The number of rotatable bonds is 7. The van der Waals surface area contributed by atoms with Crippen molar-refractivity contribution in [2.75, 3.05) is 11.9 Å². The van der Waals surface area contributed by atoms with Crippen LogP contribution in [0, 0.1) is 18.8 Å². The summed E-state index contributed by atoms with van der Waals surface area (Å²) in [7, 11) is 0. The van der Waals surface area contributed by atoms with E-state index < -0.39 is 0 Å². The van der Waals surface area contributed by atoms with E-state index >= 15 is 0 Å². The van der Waals surface area contributed by atoms with Gasteiger partial charge in [-0.15, -0.1) is 0 Å². The normalized spacial score (nSPS) is 13.9. The van der Waals surface area contributed by atoms with Gasteiger partial charge in [-0.25, -0.2) is 9.97 Å².